The summed E-state index contributed by atoms with van der Waals surface area (Å²) in [5.41, 5.74) is 2.44. The second-order valence-electron chi connectivity index (χ2n) is 3.26. The van der Waals surface area contributed by atoms with Crippen molar-refractivity contribution in [3.05, 3.63) is 33.8 Å². The normalized spacial score (nSPS) is 10.2. The van der Waals surface area contributed by atoms with Gasteiger partial charge in [-0.25, -0.2) is 0 Å². The zero-order valence-electron chi connectivity index (χ0n) is 8.02. The highest BCUT2D eigenvalue weighted by molar-refractivity contribution is 9.10. The number of benzene rings is 1. The molecule has 0 saturated carbocycles. The molecule has 3 heteroatoms. The van der Waals surface area contributed by atoms with E-state index in [1.54, 1.807) is 6.92 Å². The van der Waals surface area contributed by atoms with Crippen LogP contribution in [0.1, 0.15) is 24.5 Å². The van der Waals surface area contributed by atoms with Gasteiger partial charge in [-0.05, 0) is 30.5 Å². The highest BCUT2D eigenvalue weighted by atomic mass is 79.9. The fraction of sp³-hybridized carbons (Fsp3) is 0.364. The van der Waals surface area contributed by atoms with Crippen molar-refractivity contribution in [1.82, 2.24) is 0 Å². The van der Waals surface area contributed by atoms with Crippen LogP contribution in [0.25, 0.3) is 0 Å². The molecule has 0 unspecified atom stereocenters. The number of hydrogen-bond donors (Lipinski definition) is 0. The number of hydrogen-bond acceptors (Lipinski definition) is 1. The van der Waals surface area contributed by atoms with Crippen LogP contribution in [0.5, 0.6) is 0 Å². The molecular weight excluding hydrogens is 308 g/mol. The van der Waals surface area contributed by atoms with Crippen molar-refractivity contribution >= 4 is 37.6 Å². The molecule has 0 amide bonds. The lowest BCUT2D eigenvalue weighted by atomic mass is 10.1. The molecule has 0 N–H and O–H groups in total. The van der Waals surface area contributed by atoms with Crippen LogP contribution >= 0.6 is 31.9 Å². The average molecular weight is 320 g/mol. The lowest BCUT2D eigenvalue weighted by Gasteiger charge is -2.04. The zero-order valence-corrected chi connectivity index (χ0v) is 11.2. The smallest absolute Gasteiger partial charge is 0.130 e. The summed E-state index contributed by atoms with van der Waals surface area (Å²) in [5, 5.41) is 0.860. The number of carbonyl (C=O) groups excluding carboxylic acids is 1. The molecule has 0 saturated heterocycles. The van der Waals surface area contributed by atoms with E-state index in [4.69, 9.17) is 0 Å². The van der Waals surface area contributed by atoms with Gasteiger partial charge in [0.25, 0.3) is 0 Å². The van der Waals surface area contributed by atoms with E-state index in [0.29, 0.717) is 6.42 Å². The van der Waals surface area contributed by atoms with Crippen LogP contribution in [-0.2, 0) is 16.5 Å². The quantitative estimate of drug-likeness (QED) is 0.770. The van der Waals surface area contributed by atoms with Crippen molar-refractivity contribution in [3.63, 3.8) is 0 Å². The molecule has 0 aliphatic heterocycles. The third kappa shape index (κ3) is 3.54. The summed E-state index contributed by atoms with van der Waals surface area (Å²) in [5.74, 6) is 0.237. The van der Waals surface area contributed by atoms with E-state index < -0.39 is 0 Å². The van der Waals surface area contributed by atoms with E-state index in [1.165, 1.54) is 11.1 Å². The van der Waals surface area contributed by atoms with Crippen molar-refractivity contribution in [1.29, 1.82) is 0 Å². The van der Waals surface area contributed by atoms with Crippen molar-refractivity contribution < 1.29 is 4.79 Å². The minimum absolute atomic E-state index is 0.237. The number of halogens is 2. The number of rotatable bonds is 4. The summed E-state index contributed by atoms with van der Waals surface area (Å²) in [6.45, 7) is 1.63. The summed E-state index contributed by atoms with van der Waals surface area (Å²) in [6.07, 6.45) is 1.44. The van der Waals surface area contributed by atoms with Gasteiger partial charge in [0.1, 0.15) is 5.78 Å². The Morgan fingerprint density at radius 2 is 2.14 bits per heavy atom. The Hall–Kier alpha value is -0.150. The van der Waals surface area contributed by atoms with Gasteiger partial charge in [0, 0.05) is 16.2 Å². The number of aryl methyl sites for hydroxylation is 1. The Balaban J connectivity index is 2.73. The average Bonchev–Trinajstić information content (AvgIpc) is 2.15. The van der Waals surface area contributed by atoms with Gasteiger partial charge in [0.15, 0.2) is 0 Å². The molecular formula is C11H12Br2O. The molecule has 1 aromatic rings. The maximum absolute atomic E-state index is 10.8. The highest BCUT2D eigenvalue weighted by Crippen LogP contribution is 2.21. The molecule has 0 bridgehead atoms. The molecule has 1 aromatic carbocycles. The minimum Gasteiger partial charge on any atom is -0.300 e. The van der Waals surface area contributed by atoms with Crippen molar-refractivity contribution in [2.45, 2.75) is 25.1 Å². The van der Waals surface area contributed by atoms with Gasteiger partial charge in [0.05, 0.1) is 0 Å². The monoisotopic (exact) mass is 318 g/mol. The van der Waals surface area contributed by atoms with Crippen LogP contribution in [0.2, 0.25) is 0 Å². The fourth-order valence-electron chi connectivity index (χ4n) is 1.19. The predicted octanol–water partition coefficient (Wildman–Crippen LogP) is 3.87. The van der Waals surface area contributed by atoms with Crippen molar-refractivity contribution in [3.8, 4) is 0 Å². The van der Waals surface area contributed by atoms with E-state index in [9.17, 15) is 4.79 Å². The molecule has 0 heterocycles. The second-order valence-corrected chi connectivity index (χ2v) is 4.68. The van der Waals surface area contributed by atoms with Crippen LogP contribution in [0.4, 0.5) is 0 Å². The Kier molecular flexibility index (Phi) is 4.82. The molecule has 0 aromatic heterocycles. The standard InChI is InChI=1S/C11H12Br2O/c1-8(14)2-4-10-5-3-9(7-12)6-11(10)13/h3,5-6H,2,4,7H2,1H3. The molecule has 0 aliphatic carbocycles. The van der Waals surface area contributed by atoms with Gasteiger partial charge in [-0.2, -0.15) is 0 Å². The summed E-state index contributed by atoms with van der Waals surface area (Å²) >= 11 is 6.91. The molecule has 0 fully saturated rings. The van der Waals surface area contributed by atoms with Crippen molar-refractivity contribution in [2.24, 2.45) is 0 Å². The number of carbonyl (C=O) groups is 1. The zero-order chi connectivity index (χ0) is 10.6. The lowest BCUT2D eigenvalue weighted by molar-refractivity contribution is -0.116. The third-order valence-electron chi connectivity index (χ3n) is 2.02. The number of alkyl halides is 1. The van der Waals surface area contributed by atoms with Crippen LogP contribution < -0.4 is 0 Å². The molecule has 76 valence electrons. The van der Waals surface area contributed by atoms with Gasteiger partial charge in [0.2, 0.25) is 0 Å². The third-order valence-corrected chi connectivity index (χ3v) is 3.40. The van der Waals surface area contributed by atoms with Gasteiger partial charge < -0.3 is 4.79 Å². The molecule has 14 heavy (non-hydrogen) atoms. The van der Waals surface area contributed by atoms with E-state index >= 15 is 0 Å². The molecule has 0 aliphatic rings. The van der Waals surface area contributed by atoms with E-state index in [2.05, 4.69) is 50.1 Å². The first-order chi connectivity index (χ1) is 6.63. The number of ketones is 1. The maximum Gasteiger partial charge on any atom is 0.130 e. The summed E-state index contributed by atoms with van der Waals surface area (Å²) in [6, 6.07) is 6.24. The molecule has 1 rings (SSSR count). The van der Waals surface area contributed by atoms with Crippen LogP contribution in [-0.4, -0.2) is 5.78 Å². The molecule has 1 nitrogen and oxygen atoms in total. The van der Waals surface area contributed by atoms with Crippen LogP contribution in [0.15, 0.2) is 22.7 Å². The maximum atomic E-state index is 10.8. The molecule has 0 radical (unpaired) electrons. The van der Waals surface area contributed by atoms with Crippen LogP contribution in [0.3, 0.4) is 0 Å². The lowest BCUT2D eigenvalue weighted by Crippen LogP contribution is -1.95. The molecule has 0 spiro atoms. The first kappa shape index (κ1) is 11.9. The SMILES string of the molecule is CC(=O)CCc1ccc(CBr)cc1Br. The summed E-state index contributed by atoms with van der Waals surface area (Å²) < 4.78 is 1.09. The van der Waals surface area contributed by atoms with Crippen LogP contribution in [0, 0.1) is 0 Å². The summed E-state index contributed by atoms with van der Waals surface area (Å²) in [4.78, 5) is 10.8. The topological polar surface area (TPSA) is 17.1 Å². The largest absolute Gasteiger partial charge is 0.300 e. The Bertz CT molecular complexity index is 334. The van der Waals surface area contributed by atoms with E-state index in [1.807, 2.05) is 0 Å². The van der Waals surface area contributed by atoms with E-state index in [-0.39, 0.29) is 5.78 Å². The fourth-order valence-corrected chi connectivity index (χ4v) is 2.16. The highest BCUT2D eigenvalue weighted by Gasteiger charge is 2.02. The number of Topliss-reactive ketones (excluding diaryl/α,β-unsaturated/α-hetero) is 1. The van der Waals surface area contributed by atoms with Gasteiger partial charge >= 0.3 is 0 Å². The van der Waals surface area contributed by atoms with Gasteiger partial charge in [-0.3, -0.25) is 0 Å². The Morgan fingerprint density at radius 3 is 2.64 bits per heavy atom. The Morgan fingerprint density at radius 1 is 1.43 bits per heavy atom. The predicted molar refractivity (Wildman–Crippen MR) is 65.8 cm³/mol. The van der Waals surface area contributed by atoms with Crippen molar-refractivity contribution in [2.75, 3.05) is 0 Å². The minimum atomic E-state index is 0.237. The van der Waals surface area contributed by atoms with Gasteiger partial charge in [-0.1, -0.05) is 44.0 Å². The van der Waals surface area contributed by atoms with E-state index in [0.717, 1.165) is 16.2 Å². The first-order valence-electron chi connectivity index (χ1n) is 4.46. The second kappa shape index (κ2) is 5.66. The summed E-state index contributed by atoms with van der Waals surface area (Å²) in [7, 11) is 0. The first-order valence-corrected chi connectivity index (χ1v) is 6.37. The van der Waals surface area contributed by atoms with Gasteiger partial charge in [-0.15, -0.1) is 0 Å². The molecule has 0 atom stereocenters. The Labute approximate surface area is 101 Å².